The van der Waals surface area contributed by atoms with Crippen LogP contribution in [0.4, 0.5) is 0 Å². The van der Waals surface area contributed by atoms with Gasteiger partial charge in [-0.15, -0.1) is 0 Å². The molecule has 2 N–H and O–H groups in total. The van der Waals surface area contributed by atoms with Gasteiger partial charge in [0.25, 0.3) is 0 Å². The molecule has 25 heavy (non-hydrogen) atoms. The van der Waals surface area contributed by atoms with Gasteiger partial charge in [0, 0.05) is 22.8 Å². The van der Waals surface area contributed by atoms with Crippen molar-refractivity contribution in [3.63, 3.8) is 0 Å². The highest BCUT2D eigenvalue weighted by Gasteiger charge is 2.28. The quantitative estimate of drug-likeness (QED) is 0.739. The van der Waals surface area contributed by atoms with Gasteiger partial charge in [-0.05, 0) is 59.6 Å². The fraction of sp³-hybridized carbons (Fsp3) is 0.409. The van der Waals surface area contributed by atoms with Crippen LogP contribution in [-0.4, -0.2) is 22.0 Å². The summed E-state index contributed by atoms with van der Waals surface area (Å²) >= 11 is 0. The maximum absolute atomic E-state index is 10.7. The summed E-state index contributed by atoms with van der Waals surface area (Å²) in [6.45, 7) is 13.8. The minimum absolute atomic E-state index is 0.107. The van der Waals surface area contributed by atoms with E-state index < -0.39 is 0 Å². The average molecular weight is 339 g/mol. The van der Waals surface area contributed by atoms with E-state index in [0.29, 0.717) is 0 Å². The Kier molecular flexibility index (Phi) is 5.56. The van der Waals surface area contributed by atoms with Gasteiger partial charge in [-0.1, -0.05) is 35.4 Å². The molecule has 0 fully saturated rings. The molecule has 2 aromatic rings. The van der Waals surface area contributed by atoms with Crippen LogP contribution in [0.3, 0.4) is 0 Å². The number of benzene rings is 2. The van der Waals surface area contributed by atoms with E-state index in [-0.39, 0.29) is 23.5 Å². The predicted octanol–water partition coefficient (Wildman–Crippen LogP) is 5.33. The summed E-state index contributed by atoms with van der Waals surface area (Å²) in [5.74, 6) is 0.349. The van der Waals surface area contributed by atoms with E-state index in [9.17, 15) is 10.2 Å². The molecule has 3 heteroatoms. The summed E-state index contributed by atoms with van der Waals surface area (Å²) in [5, 5.41) is 21.5. The molecule has 1 unspecified atom stereocenters. The molecule has 0 aliphatic heterocycles. The lowest BCUT2D eigenvalue weighted by Crippen LogP contribution is -2.17. The van der Waals surface area contributed by atoms with Gasteiger partial charge >= 0.3 is 0 Å². The van der Waals surface area contributed by atoms with Gasteiger partial charge in [-0.3, -0.25) is 4.99 Å². The van der Waals surface area contributed by atoms with E-state index in [1.807, 2.05) is 72.7 Å². The Morgan fingerprint density at radius 1 is 0.800 bits per heavy atom. The zero-order valence-corrected chi connectivity index (χ0v) is 16.3. The molecular formula is C22H29NO2. The first kappa shape index (κ1) is 19.0. The minimum atomic E-state index is -0.216. The number of aromatic hydroxyl groups is 2. The molecule has 1 atom stereocenters. The number of hydrogen-bond acceptors (Lipinski definition) is 3. The number of aliphatic imine (C=N–C) groups is 1. The topological polar surface area (TPSA) is 52.8 Å². The zero-order chi connectivity index (χ0) is 18.9. The second kappa shape index (κ2) is 7.30. The van der Waals surface area contributed by atoms with Crippen molar-refractivity contribution in [3.8, 4) is 11.5 Å². The van der Waals surface area contributed by atoms with Crippen molar-refractivity contribution in [3.05, 3.63) is 57.6 Å². The number of aryl methyl sites for hydroxylation is 4. The third kappa shape index (κ3) is 4.04. The Balaban J connectivity index is 2.78. The molecule has 134 valence electrons. The Bertz CT molecular complexity index is 760. The Labute approximate surface area is 151 Å². The normalized spacial score (nSPS) is 12.3. The SMILES string of the molecule is CC(C)=NC(C)C(c1cc(C)cc(C)c1O)c1cc(C)cc(C)c1O. The highest BCUT2D eigenvalue weighted by atomic mass is 16.3. The average Bonchev–Trinajstić information content (AvgIpc) is 2.48. The number of hydrogen-bond donors (Lipinski definition) is 2. The first-order chi connectivity index (χ1) is 11.6. The van der Waals surface area contributed by atoms with Crippen molar-refractivity contribution in [1.29, 1.82) is 0 Å². The first-order valence-electron chi connectivity index (χ1n) is 8.73. The number of phenolic OH excluding ortho intramolecular Hbond substituents is 2. The van der Waals surface area contributed by atoms with E-state index in [1.165, 1.54) is 0 Å². The van der Waals surface area contributed by atoms with Crippen molar-refractivity contribution < 1.29 is 10.2 Å². The predicted molar refractivity (Wildman–Crippen MR) is 105 cm³/mol. The molecule has 3 nitrogen and oxygen atoms in total. The molecular weight excluding hydrogens is 310 g/mol. The highest BCUT2D eigenvalue weighted by Crippen LogP contribution is 2.42. The van der Waals surface area contributed by atoms with Gasteiger partial charge in [-0.2, -0.15) is 0 Å². The fourth-order valence-electron chi connectivity index (χ4n) is 3.63. The number of phenols is 2. The zero-order valence-electron chi connectivity index (χ0n) is 16.3. The van der Waals surface area contributed by atoms with Gasteiger partial charge < -0.3 is 10.2 Å². The third-order valence-corrected chi connectivity index (χ3v) is 4.56. The lowest BCUT2D eigenvalue weighted by atomic mass is 9.82. The monoisotopic (exact) mass is 339 g/mol. The van der Waals surface area contributed by atoms with Crippen molar-refractivity contribution in [2.45, 2.75) is 60.4 Å². The van der Waals surface area contributed by atoms with Gasteiger partial charge in [0.15, 0.2) is 0 Å². The molecule has 0 aliphatic carbocycles. The summed E-state index contributed by atoms with van der Waals surface area (Å²) in [6, 6.07) is 7.83. The van der Waals surface area contributed by atoms with Crippen molar-refractivity contribution in [2.75, 3.05) is 0 Å². The van der Waals surface area contributed by atoms with Crippen LogP contribution in [0.25, 0.3) is 0 Å². The summed E-state index contributed by atoms with van der Waals surface area (Å²) < 4.78 is 0. The second-order valence-electron chi connectivity index (χ2n) is 7.33. The Morgan fingerprint density at radius 2 is 1.20 bits per heavy atom. The van der Waals surface area contributed by atoms with Gasteiger partial charge in [0.2, 0.25) is 0 Å². The van der Waals surface area contributed by atoms with Crippen LogP contribution in [0.1, 0.15) is 60.1 Å². The molecule has 0 aromatic heterocycles. The summed E-state index contributed by atoms with van der Waals surface area (Å²) in [5.41, 5.74) is 6.46. The van der Waals surface area contributed by atoms with Crippen molar-refractivity contribution >= 4 is 5.71 Å². The van der Waals surface area contributed by atoms with Gasteiger partial charge in [0.1, 0.15) is 11.5 Å². The second-order valence-corrected chi connectivity index (χ2v) is 7.33. The third-order valence-electron chi connectivity index (χ3n) is 4.56. The minimum Gasteiger partial charge on any atom is -0.507 e. The van der Waals surface area contributed by atoms with E-state index in [4.69, 9.17) is 4.99 Å². The van der Waals surface area contributed by atoms with Gasteiger partial charge in [-0.25, -0.2) is 0 Å². The van der Waals surface area contributed by atoms with Crippen LogP contribution in [0.2, 0.25) is 0 Å². The molecule has 0 heterocycles. The van der Waals surface area contributed by atoms with E-state index >= 15 is 0 Å². The largest absolute Gasteiger partial charge is 0.507 e. The molecule has 0 saturated heterocycles. The van der Waals surface area contributed by atoms with E-state index in [2.05, 4.69) is 0 Å². The summed E-state index contributed by atoms with van der Waals surface area (Å²) in [4.78, 5) is 4.73. The van der Waals surface area contributed by atoms with Crippen LogP contribution in [0, 0.1) is 27.7 Å². The Hall–Kier alpha value is -2.29. The van der Waals surface area contributed by atoms with Crippen molar-refractivity contribution in [1.82, 2.24) is 0 Å². The molecule has 0 radical (unpaired) electrons. The standard InChI is InChI=1S/C22H29NO2/c1-12(2)23-17(7)20(18-10-13(3)8-15(5)21(18)24)19-11-14(4)9-16(6)22(19)25/h8-11,17,20,24-25H,1-7H3. The summed E-state index contributed by atoms with van der Waals surface area (Å²) in [6.07, 6.45) is 0. The van der Waals surface area contributed by atoms with Crippen LogP contribution >= 0.6 is 0 Å². The fourth-order valence-corrected chi connectivity index (χ4v) is 3.63. The molecule has 0 spiro atoms. The molecule has 0 saturated carbocycles. The lowest BCUT2D eigenvalue weighted by Gasteiger charge is -2.26. The Morgan fingerprint density at radius 3 is 1.56 bits per heavy atom. The van der Waals surface area contributed by atoms with Crippen LogP contribution in [0.5, 0.6) is 11.5 Å². The molecule has 0 bridgehead atoms. The maximum atomic E-state index is 10.7. The van der Waals surface area contributed by atoms with E-state index in [1.54, 1.807) is 0 Å². The van der Waals surface area contributed by atoms with Crippen LogP contribution in [0.15, 0.2) is 29.3 Å². The number of rotatable bonds is 4. The maximum Gasteiger partial charge on any atom is 0.122 e. The van der Waals surface area contributed by atoms with Crippen LogP contribution < -0.4 is 0 Å². The van der Waals surface area contributed by atoms with Crippen LogP contribution in [-0.2, 0) is 0 Å². The molecule has 2 rings (SSSR count). The lowest BCUT2D eigenvalue weighted by molar-refractivity contribution is 0.442. The summed E-state index contributed by atoms with van der Waals surface area (Å²) in [7, 11) is 0. The van der Waals surface area contributed by atoms with Gasteiger partial charge in [0.05, 0.1) is 6.04 Å². The highest BCUT2D eigenvalue weighted by molar-refractivity contribution is 5.79. The van der Waals surface area contributed by atoms with E-state index in [0.717, 1.165) is 39.1 Å². The number of nitrogens with zero attached hydrogens (tertiary/aromatic N) is 1. The first-order valence-corrected chi connectivity index (χ1v) is 8.73. The smallest absolute Gasteiger partial charge is 0.122 e. The molecule has 0 amide bonds. The molecule has 2 aromatic carbocycles. The van der Waals surface area contributed by atoms with Crippen molar-refractivity contribution in [2.24, 2.45) is 4.99 Å². The molecule has 0 aliphatic rings.